The van der Waals surface area contributed by atoms with Crippen LogP contribution in [-0.4, -0.2) is 24.2 Å². The first-order valence-electron chi connectivity index (χ1n) is 9.60. The molecule has 0 aliphatic heterocycles. The number of rotatable bonds is 5. The highest BCUT2D eigenvalue weighted by molar-refractivity contribution is 7.22. The number of thiazole rings is 1. The van der Waals surface area contributed by atoms with Gasteiger partial charge in [0.1, 0.15) is 11.6 Å². The van der Waals surface area contributed by atoms with E-state index in [-0.39, 0.29) is 11.7 Å². The predicted octanol–water partition coefficient (Wildman–Crippen LogP) is 5.74. The summed E-state index contributed by atoms with van der Waals surface area (Å²) in [6.07, 6.45) is 1.59. The van der Waals surface area contributed by atoms with Gasteiger partial charge in [0.15, 0.2) is 0 Å². The summed E-state index contributed by atoms with van der Waals surface area (Å²) >= 11 is 1.21. The van der Waals surface area contributed by atoms with E-state index in [4.69, 9.17) is 4.74 Å². The number of carbonyl (C=O) groups is 1. The maximum atomic E-state index is 13.6. The molecule has 0 fully saturated rings. The summed E-state index contributed by atoms with van der Waals surface area (Å²) in [6.45, 7) is 3.95. The van der Waals surface area contributed by atoms with E-state index in [2.05, 4.69) is 10.1 Å². The second kappa shape index (κ2) is 8.65. The van der Waals surface area contributed by atoms with Crippen molar-refractivity contribution < 1.29 is 13.9 Å². The van der Waals surface area contributed by atoms with Gasteiger partial charge in [0.05, 0.1) is 23.5 Å². The lowest BCUT2D eigenvalue weighted by Crippen LogP contribution is -2.25. The van der Waals surface area contributed by atoms with Crippen molar-refractivity contribution in [3.63, 3.8) is 0 Å². The van der Waals surface area contributed by atoms with E-state index in [1.165, 1.54) is 28.5 Å². The molecule has 7 heteroatoms. The van der Waals surface area contributed by atoms with Crippen LogP contribution < -0.4 is 9.75 Å². The Kier molecular flexibility index (Phi) is 5.77. The predicted molar refractivity (Wildman–Crippen MR) is 123 cm³/mol. The number of anilines is 1. The van der Waals surface area contributed by atoms with Crippen molar-refractivity contribution >= 4 is 38.8 Å². The third kappa shape index (κ3) is 4.46. The molecule has 0 aliphatic rings. The van der Waals surface area contributed by atoms with Gasteiger partial charge in [-0.1, -0.05) is 17.4 Å². The number of amides is 1. The van der Waals surface area contributed by atoms with E-state index in [0.29, 0.717) is 20.9 Å². The minimum Gasteiger partial charge on any atom is -0.497 e. The Morgan fingerprint density at radius 3 is 2.55 bits per heavy atom. The Morgan fingerprint density at radius 1 is 1.06 bits per heavy atom. The fraction of sp³-hybridized carbons (Fsp3) is 0.125. The summed E-state index contributed by atoms with van der Waals surface area (Å²) in [4.78, 5) is 17.9. The number of hydrogen-bond donors (Lipinski definition) is 0. The molecule has 1 aromatic heterocycles. The van der Waals surface area contributed by atoms with E-state index in [0.717, 1.165) is 22.4 Å². The van der Waals surface area contributed by atoms with Crippen LogP contribution in [0.1, 0.15) is 27.0 Å². The molecule has 156 valence electrons. The van der Waals surface area contributed by atoms with Gasteiger partial charge in [0.2, 0.25) is 5.13 Å². The SMILES string of the molecule is COc1ccc(/C=N/N(C(=O)c2ccc(C)c(C)c2)c2nc3ccc(F)cc3s2)cc1. The molecule has 0 saturated carbocycles. The van der Waals surface area contributed by atoms with Gasteiger partial charge in [0.25, 0.3) is 5.91 Å². The third-order valence-corrected chi connectivity index (χ3v) is 5.90. The lowest BCUT2D eigenvalue weighted by Gasteiger charge is -2.14. The Balaban J connectivity index is 1.75. The second-order valence-corrected chi connectivity index (χ2v) is 8.05. The normalized spacial score (nSPS) is 11.2. The number of halogens is 1. The summed E-state index contributed by atoms with van der Waals surface area (Å²) in [6, 6.07) is 17.2. The van der Waals surface area contributed by atoms with Crippen LogP contribution in [0.4, 0.5) is 9.52 Å². The monoisotopic (exact) mass is 433 g/mol. The highest BCUT2D eigenvalue weighted by atomic mass is 32.1. The Labute approximate surface area is 183 Å². The van der Waals surface area contributed by atoms with Crippen LogP contribution in [0, 0.1) is 19.7 Å². The van der Waals surface area contributed by atoms with Crippen molar-refractivity contribution in [3.8, 4) is 5.75 Å². The van der Waals surface area contributed by atoms with Crippen molar-refractivity contribution in [2.75, 3.05) is 12.1 Å². The zero-order valence-electron chi connectivity index (χ0n) is 17.3. The minimum atomic E-state index is -0.350. The number of ether oxygens (including phenoxy) is 1. The highest BCUT2D eigenvalue weighted by Gasteiger charge is 2.21. The number of aromatic nitrogens is 1. The lowest BCUT2D eigenvalue weighted by atomic mass is 10.1. The molecule has 0 aliphatic carbocycles. The minimum absolute atomic E-state index is 0.313. The van der Waals surface area contributed by atoms with Gasteiger partial charge in [-0.15, -0.1) is 0 Å². The molecule has 4 rings (SSSR count). The summed E-state index contributed by atoms with van der Waals surface area (Å²) < 4.78 is 19.5. The van der Waals surface area contributed by atoms with Gasteiger partial charge in [-0.3, -0.25) is 4.79 Å². The number of aryl methyl sites for hydroxylation is 2. The van der Waals surface area contributed by atoms with Crippen molar-refractivity contribution in [2.45, 2.75) is 13.8 Å². The van der Waals surface area contributed by atoms with E-state index < -0.39 is 0 Å². The first-order chi connectivity index (χ1) is 14.9. The van der Waals surface area contributed by atoms with Crippen LogP contribution in [-0.2, 0) is 0 Å². The largest absolute Gasteiger partial charge is 0.497 e. The van der Waals surface area contributed by atoms with Gasteiger partial charge in [-0.2, -0.15) is 10.1 Å². The molecule has 1 heterocycles. The zero-order valence-corrected chi connectivity index (χ0v) is 18.1. The Morgan fingerprint density at radius 2 is 1.84 bits per heavy atom. The van der Waals surface area contributed by atoms with E-state index in [1.54, 1.807) is 25.5 Å². The molecule has 1 amide bonds. The van der Waals surface area contributed by atoms with Crippen LogP contribution in [0.5, 0.6) is 5.75 Å². The molecule has 0 N–H and O–H groups in total. The molecule has 0 bridgehead atoms. The van der Waals surface area contributed by atoms with Crippen LogP contribution in [0.2, 0.25) is 0 Å². The number of carbonyl (C=O) groups excluding carboxylic acids is 1. The summed E-state index contributed by atoms with van der Waals surface area (Å²) in [5, 5.41) is 6.07. The van der Waals surface area contributed by atoms with Crippen LogP contribution in [0.3, 0.4) is 0 Å². The number of fused-ring (bicyclic) bond motifs is 1. The third-order valence-electron chi connectivity index (χ3n) is 4.90. The molecule has 31 heavy (non-hydrogen) atoms. The van der Waals surface area contributed by atoms with E-state index in [9.17, 15) is 9.18 Å². The lowest BCUT2D eigenvalue weighted by molar-refractivity contribution is 0.0987. The van der Waals surface area contributed by atoms with Crippen molar-refractivity contribution in [2.24, 2.45) is 5.10 Å². The van der Waals surface area contributed by atoms with Gasteiger partial charge >= 0.3 is 0 Å². The standard InChI is InChI=1S/C24H20FN3O2S/c1-15-4-7-18(12-16(15)2)23(29)28(26-14-17-5-9-20(30-3)10-6-17)24-27-21-11-8-19(25)13-22(21)31-24/h4-14H,1-3H3/b26-14+. The topological polar surface area (TPSA) is 54.8 Å². The number of benzene rings is 3. The van der Waals surface area contributed by atoms with Gasteiger partial charge in [-0.05, 0) is 85.1 Å². The first-order valence-corrected chi connectivity index (χ1v) is 10.4. The summed E-state index contributed by atoms with van der Waals surface area (Å²) in [5.41, 5.74) is 4.02. The molecule has 0 atom stereocenters. The maximum absolute atomic E-state index is 13.6. The Hall–Kier alpha value is -3.58. The molecule has 0 saturated heterocycles. The molecule has 4 aromatic rings. The number of hydrazone groups is 1. The van der Waals surface area contributed by atoms with Crippen molar-refractivity contribution in [1.29, 1.82) is 0 Å². The van der Waals surface area contributed by atoms with Gasteiger partial charge in [0, 0.05) is 5.56 Å². The molecular formula is C24H20FN3O2S. The maximum Gasteiger partial charge on any atom is 0.280 e. The molecule has 0 unspecified atom stereocenters. The average molecular weight is 434 g/mol. The molecular weight excluding hydrogens is 413 g/mol. The summed E-state index contributed by atoms with van der Waals surface area (Å²) in [7, 11) is 1.60. The molecule has 0 spiro atoms. The van der Waals surface area contributed by atoms with Crippen LogP contribution in [0.15, 0.2) is 65.8 Å². The quantitative estimate of drug-likeness (QED) is 0.298. The first kappa shape index (κ1) is 20.7. The highest BCUT2D eigenvalue weighted by Crippen LogP contribution is 2.31. The average Bonchev–Trinajstić information content (AvgIpc) is 3.18. The van der Waals surface area contributed by atoms with E-state index in [1.807, 2.05) is 50.2 Å². The number of hydrogen-bond acceptors (Lipinski definition) is 5. The van der Waals surface area contributed by atoms with Crippen LogP contribution in [0.25, 0.3) is 10.2 Å². The van der Waals surface area contributed by atoms with Gasteiger partial charge < -0.3 is 4.74 Å². The summed E-state index contributed by atoms with van der Waals surface area (Å²) in [5.74, 6) is 0.0669. The zero-order chi connectivity index (χ0) is 22.0. The molecule has 3 aromatic carbocycles. The second-order valence-electron chi connectivity index (χ2n) is 7.04. The Bertz CT molecular complexity index is 1280. The molecule has 0 radical (unpaired) electrons. The van der Waals surface area contributed by atoms with Crippen molar-refractivity contribution in [1.82, 2.24) is 4.98 Å². The van der Waals surface area contributed by atoms with Crippen LogP contribution >= 0.6 is 11.3 Å². The van der Waals surface area contributed by atoms with Gasteiger partial charge in [-0.25, -0.2) is 9.37 Å². The number of nitrogens with zero attached hydrogens (tertiary/aromatic N) is 3. The fourth-order valence-corrected chi connectivity index (χ4v) is 3.92. The van der Waals surface area contributed by atoms with E-state index >= 15 is 0 Å². The molecule has 5 nitrogen and oxygen atoms in total. The fourth-order valence-electron chi connectivity index (χ4n) is 2.98. The number of methoxy groups -OCH3 is 1. The van der Waals surface area contributed by atoms with Crippen molar-refractivity contribution in [3.05, 3.63) is 88.7 Å². The smallest absolute Gasteiger partial charge is 0.280 e.